The molecule has 0 aliphatic carbocycles. The molecular weight excluding hydrogens is 440 g/mol. The van der Waals surface area contributed by atoms with E-state index in [-0.39, 0.29) is 18.9 Å². The molecule has 1 amide bonds. The number of rotatable bonds is 8. The van der Waals surface area contributed by atoms with Crippen LogP contribution in [-0.4, -0.2) is 41.6 Å². The van der Waals surface area contributed by atoms with Crippen molar-refractivity contribution in [2.75, 3.05) is 18.9 Å². The number of carbonyl (C=O) groups is 1. The maximum atomic E-state index is 12.4. The van der Waals surface area contributed by atoms with Crippen LogP contribution in [0, 0.1) is 0 Å². The first-order valence-corrected chi connectivity index (χ1v) is 12.5. The summed E-state index contributed by atoms with van der Waals surface area (Å²) in [5.41, 5.74) is 2.56. The first-order chi connectivity index (χ1) is 14.4. The number of nitrogens with zero attached hydrogens (tertiary/aromatic N) is 3. The number of carbonyl (C=O) groups excluding carboxylic acids is 1. The molecule has 7 nitrogen and oxygen atoms in total. The number of nitrogens with one attached hydrogen (secondary N) is 1. The predicted molar refractivity (Wildman–Crippen MR) is 121 cm³/mol. The highest BCUT2D eigenvalue weighted by atomic mass is 32.2. The molecule has 0 radical (unpaired) electrons. The summed E-state index contributed by atoms with van der Waals surface area (Å²) in [6.07, 6.45) is 4.62. The summed E-state index contributed by atoms with van der Waals surface area (Å²) < 4.78 is 28.3. The van der Waals surface area contributed by atoms with Gasteiger partial charge >= 0.3 is 0 Å². The van der Waals surface area contributed by atoms with E-state index in [0.29, 0.717) is 16.3 Å². The van der Waals surface area contributed by atoms with Gasteiger partial charge in [0.1, 0.15) is 4.21 Å². The molecule has 3 aromatic heterocycles. The smallest absolute Gasteiger partial charge is 0.252 e. The van der Waals surface area contributed by atoms with Gasteiger partial charge in [-0.3, -0.25) is 9.20 Å². The van der Waals surface area contributed by atoms with Gasteiger partial charge in [0.15, 0.2) is 4.96 Å². The fourth-order valence-electron chi connectivity index (χ4n) is 2.96. The summed E-state index contributed by atoms with van der Waals surface area (Å²) in [6.45, 7) is 0.282. The standard InChI is InChI=1S/C20H20N4O3S3/c1-23(30(26,27)19-5-3-12-28-19)10-2-4-18(25)21-16-8-6-15(7-9-16)17-14-24-11-13-29-20(24)22-17/h3,5-9,11-14H,2,4,10H2,1H3,(H,21,25). The second kappa shape index (κ2) is 8.68. The van der Waals surface area contributed by atoms with Crippen LogP contribution in [0.25, 0.3) is 16.2 Å². The quantitative estimate of drug-likeness (QED) is 0.428. The monoisotopic (exact) mass is 460 g/mol. The molecule has 0 fully saturated rings. The Kier molecular flexibility index (Phi) is 6.00. The maximum Gasteiger partial charge on any atom is 0.252 e. The van der Waals surface area contributed by atoms with Gasteiger partial charge in [-0.15, -0.1) is 22.7 Å². The van der Waals surface area contributed by atoms with E-state index in [1.54, 1.807) is 28.8 Å². The van der Waals surface area contributed by atoms with Crippen LogP contribution in [0.15, 0.2) is 63.8 Å². The van der Waals surface area contributed by atoms with E-state index >= 15 is 0 Å². The minimum absolute atomic E-state index is 0.146. The third-order valence-corrected chi connectivity index (χ3v) is 8.59. The number of hydrogen-bond donors (Lipinski definition) is 1. The van der Waals surface area contributed by atoms with Gasteiger partial charge in [0.25, 0.3) is 10.0 Å². The summed E-state index contributed by atoms with van der Waals surface area (Å²) >= 11 is 2.77. The fraction of sp³-hybridized carbons (Fsp3) is 0.200. The molecule has 0 spiro atoms. The molecule has 0 atom stereocenters. The average Bonchev–Trinajstić information content (AvgIpc) is 3.46. The van der Waals surface area contributed by atoms with Crippen molar-refractivity contribution in [1.29, 1.82) is 0 Å². The Hall–Kier alpha value is -2.53. The minimum Gasteiger partial charge on any atom is -0.326 e. The molecule has 4 rings (SSSR count). The Morgan fingerprint density at radius 3 is 2.67 bits per heavy atom. The summed E-state index contributed by atoms with van der Waals surface area (Å²) in [7, 11) is -1.94. The number of imidazole rings is 1. The lowest BCUT2D eigenvalue weighted by Gasteiger charge is -2.15. The van der Waals surface area contributed by atoms with Crippen LogP contribution >= 0.6 is 22.7 Å². The SMILES string of the molecule is CN(CCCC(=O)Nc1ccc(-c2cn3ccsc3n2)cc1)S(=O)(=O)c1cccs1. The summed E-state index contributed by atoms with van der Waals surface area (Å²) in [5, 5.41) is 6.57. The molecular formula is C20H20N4O3S3. The fourth-order valence-corrected chi connectivity index (χ4v) is 6.07. The van der Waals surface area contributed by atoms with Gasteiger partial charge < -0.3 is 5.32 Å². The van der Waals surface area contributed by atoms with Crippen molar-refractivity contribution in [3.8, 4) is 11.3 Å². The number of benzene rings is 1. The van der Waals surface area contributed by atoms with Crippen molar-refractivity contribution in [3.63, 3.8) is 0 Å². The number of aromatic nitrogens is 2. The zero-order chi connectivity index (χ0) is 21.1. The molecule has 10 heteroatoms. The van der Waals surface area contributed by atoms with Crippen LogP contribution in [0.4, 0.5) is 5.69 Å². The van der Waals surface area contributed by atoms with E-state index in [9.17, 15) is 13.2 Å². The Balaban J connectivity index is 1.28. The Labute approximate surface area is 182 Å². The van der Waals surface area contributed by atoms with Gasteiger partial charge in [-0.25, -0.2) is 17.7 Å². The Morgan fingerprint density at radius 1 is 1.17 bits per heavy atom. The zero-order valence-corrected chi connectivity index (χ0v) is 18.6. The molecule has 30 heavy (non-hydrogen) atoms. The van der Waals surface area contributed by atoms with Gasteiger partial charge in [-0.2, -0.15) is 0 Å². The lowest BCUT2D eigenvalue weighted by molar-refractivity contribution is -0.116. The summed E-state index contributed by atoms with van der Waals surface area (Å²) in [4.78, 5) is 17.7. The van der Waals surface area contributed by atoms with Crippen molar-refractivity contribution >= 4 is 49.3 Å². The number of thiophene rings is 1. The van der Waals surface area contributed by atoms with Gasteiger partial charge in [0.2, 0.25) is 5.91 Å². The molecule has 0 aliphatic rings. The van der Waals surface area contributed by atoms with E-state index < -0.39 is 10.0 Å². The molecule has 4 aromatic rings. The number of hydrogen-bond acceptors (Lipinski definition) is 6. The number of sulfonamides is 1. The van der Waals surface area contributed by atoms with Gasteiger partial charge in [-0.05, 0) is 30.0 Å². The Bertz CT molecular complexity index is 1210. The number of fused-ring (bicyclic) bond motifs is 1. The minimum atomic E-state index is -3.48. The van der Waals surface area contributed by atoms with E-state index in [0.717, 1.165) is 16.2 Å². The van der Waals surface area contributed by atoms with Crippen LogP contribution in [0.3, 0.4) is 0 Å². The molecule has 0 unspecified atom stereocenters. The normalized spacial score (nSPS) is 11.9. The van der Waals surface area contributed by atoms with E-state index in [1.165, 1.54) is 22.7 Å². The van der Waals surface area contributed by atoms with Gasteiger partial charge in [-0.1, -0.05) is 18.2 Å². The van der Waals surface area contributed by atoms with Gasteiger partial charge in [0.05, 0.1) is 5.69 Å². The van der Waals surface area contributed by atoms with Crippen molar-refractivity contribution < 1.29 is 13.2 Å². The molecule has 0 bridgehead atoms. The average molecular weight is 461 g/mol. The lowest BCUT2D eigenvalue weighted by atomic mass is 10.1. The molecule has 0 aliphatic heterocycles. The van der Waals surface area contributed by atoms with Crippen LogP contribution in [0.5, 0.6) is 0 Å². The number of anilines is 1. The second-order valence-corrected chi connectivity index (χ2v) is 10.8. The second-order valence-electron chi connectivity index (χ2n) is 6.71. The summed E-state index contributed by atoms with van der Waals surface area (Å²) in [6, 6.07) is 10.8. The zero-order valence-electron chi connectivity index (χ0n) is 16.2. The van der Waals surface area contributed by atoms with Crippen LogP contribution < -0.4 is 5.32 Å². The van der Waals surface area contributed by atoms with Crippen molar-refractivity contribution in [2.24, 2.45) is 0 Å². The third kappa shape index (κ3) is 4.46. The molecule has 1 aromatic carbocycles. The molecule has 0 saturated carbocycles. The van der Waals surface area contributed by atoms with Crippen molar-refractivity contribution in [1.82, 2.24) is 13.7 Å². The molecule has 156 valence electrons. The lowest BCUT2D eigenvalue weighted by Crippen LogP contribution is -2.28. The summed E-state index contributed by atoms with van der Waals surface area (Å²) in [5.74, 6) is -0.146. The predicted octanol–water partition coefficient (Wildman–Crippen LogP) is 4.16. The third-order valence-electron chi connectivity index (χ3n) is 4.59. The van der Waals surface area contributed by atoms with Crippen molar-refractivity contribution in [3.05, 3.63) is 59.6 Å². The first kappa shape index (κ1) is 20.7. The van der Waals surface area contributed by atoms with Crippen LogP contribution in [0.2, 0.25) is 0 Å². The Morgan fingerprint density at radius 2 is 1.97 bits per heavy atom. The maximum absolute atomic E-state index is 12.4. The largest absolute Gasteiger partial charge is 0.326 e. The first-order valence-electron chi connectivity index (χ1n) is 9.26. The molecule has 1 N–H and O–H groups in total. The van der Waals surface area contributed by atoms with E-state index in [1.807, 2.05) is 46.4 Å². The van der Waals surface area contributed by atoms with Crippen molar-refractivity contribution in [2.45, 2.75) is 17.1 Å². The number of amides is 1. The highest BCUT2D eigenvalue weighted by molar-refractivity contribution is 7.91. The molecule has 3 heterocycles. The highest BCUT2D eigenvalue weighted by Gasteiger charge is 2.21. The van der Waals surface area contributed by atoms with E-state index in [4.69, 9.17) is 0 Å². The van der Waals surface area contributed by atoms with E-state index in [2.05, 4.69) is 10.3 Å². The van der Waals surface area contributed by atoms with Crippen LogP contribution in [-0.2, 0) is 14.8 Å². The van der Waals surface area contributed by atoms with Crippen LogP contribution in [0.1, 0.15) is 12.8 Å². The number of thiazole rings is 1. The van der Waals surface area contributed by atoms with Gasteiger partial charge in [0, 0.05) is 49.0 Å². The topological polar surface area (TPSA) is 83.8 Å². The molecule has 0 saturated heterocycles. The highest BCUT2D eigenvalue weighted by Crippen LogP contribution is 2.23.